The van der Waals surface area contributed by atoms with Crippen LogP contribution in [-0.4, -0.2) is 9.97 Å². The fourth-order valence-electron chi connectivity index (χ4n) is 0.964. The molecule has 0 bridgehead atoms. The Morgan fingerprint density at radius 1 is 1.57 bits per heavy atom. The second kappa shape index (κ2) is 4.11. The maximum atomic E-state index is 8.53. The number of nitrogens with zero attached hydrogens (tertiary/aromatic N) is 3. The third-order valence-electron chi connectivity index (χ3n) is 1.67. The molecule has 3 N–H and O–H groups in total. The first-order chi connectivity index (χ1) is 6.71. The van der Waals surface area contributed by atoms with Gasteiger partial charge in [0, 0.05) is 6.42 Å². The molecule has 0 saturated carbocycles. The molecule has 0 unspecified atom stereocenters. The minimum absolute atomic E-state index is 0.00278. The number of nitrogens with one attached hydrogen (secondary N) is 1. The monoisotopic (exact) mass is 187 g/mol. The first kappa shape index (κ1) is 9.82. The highest BCUT2D eigenvalue weighted by atomic mass is 15.0. The quantitative estimate of drug-likeness (QED) is 0.673. The number of nitrogen functional groups attached to an aromatic ring is 1. The van der Waals surface area contributed by atoms with Crippen LogP contribution in [0.4, 0.5) is 5.82 Å². The lowest BCUT2D eigenvalue weighted by atomic mass is 10.2. The van der Waals surface area contributed by atoms with Crippen molar-refractivity contribution in [3.63, 3.8) is 0 Å². The van der Waals surface area contributed by atoms with Crippen molar-refractivity contribution in [2.24, 2.45) is 0 Å². The Labute approximate surface area is 81.5 Å². The number of nitrogens with two attached hydrogens (primary N) is 1. The molecule has 0 aliphatic carbocycles. The average Bonchev–Trinajstić information content (AvgIpc) is 2.56. The molecule has 0 saturated heterocycles. The number of hydrogen-bond donors (Lipinski definition) is 2. The molecule has 5 nitrogen and oxygen atoms in total. The molecular weight excluding hydrogens is 178 g/mol. The fraction of sp³-hybridized carbons (Fsp3) is 0.222. The van der Waals surface area contributed by atoms with E-state index in [0.29, 0.717) is 11.5 Å². The molecule has 0 atom stereocenters. The van der Waals surface area contributed by atoms with Gasteiger partial charge < -0.3 is 10.7 Å². The van der Waals surface area contributed by atoms with E-state index in [4.69, 9.17) is 16.3 Å². The number of rotatable bonds is 2. The van der Waals surface area contributed by atoms with Crippen molar-refractivity contribution >= 4 is 11.9 Å². The predicted octanol–water partition coefficient (Wildman–Crippen LogP) is 0.985. The summed E-state index contributed by atoms with van der Waals surface area (Å²) >= 11 is 0. The molecule has 0 amide bonds. The van der Waals surface area contributed by atoms with Crippen molar-refractivity contribution in [3.05, 3.63) is 17.1 Å². The van der Waals surface area contributed by atoms with Crippen LogP contribution in [0.1, 0.15) is 18.4 Å². The molecule has 0 radical (unpaired) electrons. The van der Waals surface area contributed by atoms with Crippen LogP contribution >= 0.6 is 0 Å². The van der Waals surface area contributed by atoms with Crippen molar-refractivity contribution in [1.82, 2.24) is 9.97 Å². The Kier molecular flexibility index (Phi) is 2.88. The molecular formula is C9H9N5. The van der Waals surface area contributed by atoms with Crippen LogP contribution < -0.4 is 5.73 Å². The summed E-state index contributed by atoms with van der Waals surface area (Å²) in [6.07, 6.45) is 2.12. The maximum absolute atomic E-state index is 8.53. The molecule has 0 aliphatic rings. The standard InChI is InChI=1S/C9H9N5/c1-2-8-13-7(9(12)14-8)3-6(4-10)5-11/h3H,2,12H2,1H3,(H,13,14). The summed E-state index contributed by atoms with van der Waals surface area (Å²) in [6.45, 7) is 1.93. The molecule has 1 aromatic rings. The number of hydrogen-bond acceptors (Lipinski definition) is 4. The van der Waals surface area contributed by atoms with E-state index >= 15 is 0 Å². The van der Waals surface area contributed by atoms with Crippen LogP contribution in [0.25, 0.3) is 6.08 Å². The lowest BCUT2D eigenvalue weighted by molar-refractivity contribution is 0.989. The van der Waals surface area contributed by atoms with Crippen molar-refractivity contribution in [3.8, 4) is 12.1 Å². The van der Waals surface area contributed by atoms with Gasteiger partial charge in [-0.1, -0.05) is 6.92 Å². The van der Waals surface area contributed by atoms with Gasteiger partial charge in [0.15, 0.2) is 0 Å². The van der Waals surface area contributed by atoms with Crippen LogP contribution in [0.2, 0.25) is 0 Å². The van der Waals surface area contributed by atoms with Gasteiger partial charge in [-0.05, 0) is 6.08 Å². The first-order valence-electron chi connectivity index (χ1n) is 4.07. The number of imidazole rings is 1. The Bertz CT molecular complexity index is 425. The number of H-pyrrole nitrogens is 1. The van der Waals surface area contributed by atoms with Crippen LogP contribution in [0.5, 0.6) is 0 Å². The van der Waals surface area contributed by atoms with E-state index in [-0.39, 0.29) is 5.57 Å². The number of nitriles is 2. The van der Waals surface area contributed by atoms with E-state index < -0.39 is 0 Å². The predicted molar refractivity (Wildman–Crippen MR) is 51.6 cm³/mol. The van der Waals surface area contributed by atoms with Crippen LogP contribution in [0.3, 0.4) is 0 Å². The van der Waals surface area contributed by atoms with E-state index in [1.165, 1.54) is 6.08 Å². The number of allylic oxidation sites excluding steroid dienone is 1. The number of anilines is 1. The van der Waals surface area contributed by atoms with Gasteiger partial charge in [0.25, 0.3) is 0 Å². The third kappa shape index (κ3) is 1.90. The Morgan fingerprint density at radius 2 is 2.21 bits per heavy atom. The summed E-state index contributed by atoms with van der Waals surface area (Å²) in [5, 5.41) is 17.1. The molecule has 1 heterocycles. The zero-order valence-electron chi connectivity index (χ0n) is 7.70. The fourth-order valence-corrected chi connectivity index (χ4v) is 0.964. The summed E-state index contributed by atoms with van der Waals surface area (Å²) in [4.78, 5) is 6.93. The van der Waals surface area contributed by atoms with Crippen LogP contribution in [-0.2, 0) is 6.42 Å². The zero-order valence-corrected chi connectivity index (χ0v) is 7.70. The van der Waals surface area contributed by atoms with Gasteiger partial charge in [-0.3, -0.25) is 0 Å². The SMILES string of the molecule is CCc1nc(N)c(C=C(C#N)C#N)[nH]1. The molecule has 1 rings (SSSR count). The second-order valence-electron chi connectivity index (χ2n) is 2.62. The van der Waals surface area contributed by atoms with Gasteiger partial charge in [0.2, 0.25) is 0 Å². The topological polar surface area (TPSA) is 102 Å². The molecule has 1 aromatic heterocycles. The highest BCUT2D eigenvalue weighted by Gasteiger charge is 2.04. The van der Waals surface area contributed by atoms with Gasteiger partial charge in [-0.15, -0.1) is 0 Å². The van der Waals surface area contributed by atoms with E-state index in [2.05, 4.69) is 9.97 Å². The smallest absolute Gasteiger partial charge is 0.149 e. The van der Waals surface area contributed by atoms with Gasteiger partial charge in [0.1, 0.15) is 29.4 Å². The second-order valence-corrected chi connectivity index (χ2v) is 2.62. The number of aromatic nitrogens is 2. The zero-order chi connectivity index (χ0) is 10.6. The summed E-state index contributed by atoms with van der Waals surface area (Å²) in [5.74, 6) is 1.05. The molecule has 0 spiro atoms. The Hall–Kier alpha value is -2.27. The van der Waals surface area contributed by atoms with E-state index in [1.54, 1.807) is 12.1 Å². The number of aromatic amines is 1. The minimum Gasteiger partial charge on any atom is -0.382 e. The Balaban J connectivity index is 3.10. The largest absolute Gasteiger partial charge is 0.382 e. The van der Waals surface area contributed by atoms with Gasteiger partial charge in [-0.2, -0.15) is 10.5 Å². The minimum atomic E-state index is 0.00278. The van der Waals surface area contributed by atoms with Crippen molar-refractivity contribution < 1.29 is 0 Å². The van der Waals surface area contributed by atoms with Crippen molar-refractivity contribution in [2.75, 3.05) is 5.73 Å². The summed E-state index contributed by atoms with van der Waals surface area (Å²) in [6, 6.07) is 3.50. The molecule has 0 aliphatic heterocycles. The van der Waals surface area contributed by atoms with Gasteiger partial charge in [0.05, 0.1) is 5.69 Å². The normalized spacial score (nSPS) is 8.79. The van der Waals surface area contributed by atoms with Crippen molar-refractivity contribution in [2.45, 2.75) is 13.3 Å². The van der Waals surface area contributed by atoms with Crippen LogP contribution in [0.15, 0.2) is 5.57 Å². The lowest BCUT2D eigenvalue weighted by Gasteiger charge is -1.87. The average molecular weight is 187 g/mol. The number of aryl methyl sites for hydroxylation is 1. The molecule has 0 fully saturated rings. The summed E-state index contributed by atoms with van der Waals surface area (Å²) in [5.41, 5.74) is 6.09. The summed E-state index contributed by atoms with van der Waals surface area (Å²) < 4.78 is 0. The van der Waals surface area contributed by atoms with Gasteiger partial charge in [-0.25, -0.2) is 4.98 Å². The Morgan fingerprint density at radius 3 is 2.64 bits per heavy atom. The van der Waals surface area contributed by atoms with E-state index in [1.807, 2.05) is 6.92 Å². The van der Waals surface area contributed by atoms with E-state index in [9.17, 15) is 0 Å². The van der Waals surface area contributed by atoms with Gasteiger partial charge >= 0.3 is 0 Å². The molecule has 70 valence electrons. The van der Waals surface area contributed by atoms with Crippen molar-refractivity contribution in [1.29, 1.82) is 10.5 Å². The molecule has 14 heavy (non-hydrogen) atoms. The highest BCUT2D eigenvalue weighted by molar-refractivity contribution is 5.66. The molecule has 5 heteroatoms. The van der Waals surface area contributed by atoms with Crippen LogP contribution in [0, 0.1) is 22.7 Å². The lowest BCUT2D eigenvalue weighted by Crippen LogP contribution is -1.87. The molecule has 0 aromatic carbocycles. The van der Waals surface area contributed by atoms with E-state index in [0.717, 1.165) is 12.2 Å². The maximum Gasteiger partial charge on any atom is 0.149 e. The highest BCUT2D eigenvalue weighted by Crippen LogP contribution is 2.12. The first-order valence-corrected chi connectivity index (χ1v) is 4.07. The summed E-state index contributed by atoms with van der Waals surface area (Å²) in [7, 11) is 0. The third-order valence-corrected chi connectivity index (χ3v) is 1.67.